The molecule has 0 bridgehead atoms. The molecule has 0 saturated heterocycles. The third-order valence-electron chi connectivity index (χ3n) is 2.90. The van der Waals surface area contributed by atoms with Crippen LogP contribution in [0, 0.1) is 0 Å². The first kappa shape index (κ1) is 14.3. The van der Waals surface area contributed by atoms with Gasteiger partial charge >= 0.3 is 0 Å². The third-order valence-corrected chi connectivity index (χ3v) is 3.13. The lowest BCUT2D eigenvalue weighted by molar-refractivity contribution is 0.414. The molecule has 20 heavy (non-hydrogen) atoms. The fraction of sp³-hybridized carbons (Fsp3) is 0.200. The number of halogens is 1. The summed E-state index contributed by atoms with van der Waals surface area (Å²) >= 11 is 5.96. The zero-order chi connectivity index (χ0) is 14.5. The van der Waals surface area contributed by atoms with Crippen LogP contribution in [-0.4, -0.2) is 21.3 Å². The summed E-state index contributed by atoms with van der Waals surface area (Å²) in [6.07, 6.45) is 0. The number of benzene rings is 2. The Hall–Kier alpha value is -2.07. The van der Waals surface area contributed by atoms with Crippen molar-refractivity contribution in [3.63, 3.8) is 0 Å². The highest BCUT2D eigenvalue weighted by atomic mass is 35.5. The highest BCUT2D eigenvalue weighted by Crippen LogP contribution is 2.31. The zero-order valence-corrected chi connectivity index (χ0v) is 12.4. The summed E-state index contributed by atoms with van der Waals surface area (Å²) < 4.78 is 10.7. The number of ether oxygens (including phenoxy) is 2. The van der Waals surface area contributed by atoms with Gasteiger partial charge in [0.15, 0.2) is 0 Å². The highest BCUT2D eigenvalue weighted by Gasteiger charge is 2.10. The van der Waals surface area contributed by atoms with Crippen LogP contribution in [-0.2, 0) is 0 Å². The summed E-state index contributed by atoms with van der Waals surface area (Å²) in [5.41, 5.74) is 5.00. The second kappa shape index (κ2) is 6.39. The van der Waals surface area contributed by atoms with Gasteiger partial charge in [-0.1, -0.05) is 23.7 Å². The number of hydrazine groups is 1. The number of rotatable bonds is 5. The largest absolute Gasteiger partial charge is 0.495 e. The van der Waals surface area contributed by atoms with Crippen LogP contribution in [0.4, 0.5) is 11.4 Å². The minimum Gasteiger partial charge on any atom is -0.495 e. The molecule has 0 amide bonds. The van der Waals surface area contributed by atoms with Crippen molar-refractivity contribution in [2.24, 2.45) is 0 Å². The van der Waals surface area contributed by atoms with Crippen LogP contribution >= 0.6 is 11.6 Å². The van der Waals surface area contributed by atoms with Crippen LogP contribution in [0.2, 0.25) is 5.02 Å². The first-order valence-corrected chi connectivity index (χ1v) is 6.50. The Labute approximate surface area is 123 Å². The molecule has 0 aromatic heterocycles. The normalized spacial score (nSPS) is 10.0. The van der Waals surface area contributed by atoms with Gasteiger partial charge in [0.05, 0.1) is 25.6 Å². The fourth-order valence-electron chi connectivity index (χ4n) is 1.91. The molecule has 106 valence electrons. The number of methoxy groups -OCH3 is 2. The SMILES string of the molecule is COc1cc(Cl)ccc1NN(C)c1ccccc1OC. The maximum absolute atomic E-state index is 5.96. The second-order valence-corrected chi connectivity index (χ2v) is 4.62. The Kier molecular flexibility index (Phi) is 4.58. The van der Waals surface area contributed by atoms with Crippen LogP contribution in [0.1, 0.15) is 0 Å². The molecular weight excluding hydrogens is 276 g/mol. The average molecular weight is 293 g/mol. The number of para-hydroxylation sites is 2. The minimum absolute atomic E-state index is 0.632. The van der Waals surface area contributed by atoms with E-state index in [1.165, 1.54) is 0 Å². The van der Waals surface area contributed by atoms with Gasteiger partial charge in [0, 0.05) is 18.1 Å². The minimum atomic E-state index is 0.632. The van der Waals surface area contributed by atoms with Crippen molar-refractivity contribution in [2.45, 2.75) is 0 Å². The number of anilines is 2. The molecule has 0 aliphatic heterocycles. The maximum Gasteiger partial charge on any atom is 0.145 e. The van der Waals surface area contributed by atoms with Gasteiger partial charge in [0.2, 0.25) is 0 Å². The van der Waals surface area contributed by atoms with Crippen molar-refractivity contribution in [1.82, 2.24) is 0 Å². The van der Waals surface area contributed by atoms with Gasteiger partial charge in [0.1, 0.15) is 11.5 Å². The molecule has 2 aromatic carbocycles. The monoisotopic (exact) mass is 292 g/mol. The number of nitrogens with zero attached hydrogens (tertiary/aromatic N) is 1. The molecule has 0 saturated carbocycles. The van der Waals surface area contributed by atoms with Gasteiger partial charge in [-0.25, -0.2) is 0 Å². The Bertz CT molecular complexity index is 590. The van der Waals surface area contributed by atoms with Gasteiger partial charge < -0.3 is 9.47 Å². The van der Waals surface area contributed by atoms with Crippen molar-refractivity contribution in [3.8, 4) is 11.5 Å². The second-order valence-electron chi connectivity index (χ2n) is 4.19. The predicted octanol–water partition coefficient (Wildman–Crippen LogP) is 3.82. The summed E-state index contributed by atoms with van der Waals surface area (Å²) in [5, 5.41) is 2.50. The maximum atomic E-state index is 5.96. The van der Waals surface area contributed by atoms with Gasteiger partial charge in [-0.05, 0) is 24.3 Å². The first-order chi connectivity index (χ1) is 9.65. The molecule has 2 rings (SSSR count). The molecule has 5 heteroatoms. The van der Waals surface area contributed by atoms with Gasteiger partial charge in [-0.15, -0.1) is 0 Å². The molecule has 0 aliphatic rings. The standard InChI is InChI=1S/C15H17ClN2O2/c1-18(13-6-4-5-7-14(13)19-2)17-12-9-8-11(16)10-15(12)20-3/h4-10,17H,1-3H3. The molecule has 0 atom stereocenters. The molecule has 0 heterocycles. The zero-order valence-electron chi connectivity index (χ0n) is 11.7. The van der Waals surface area contributed by atoms with Crippen LogP contribution in [0.25, 0.3) is 0 Å². The topological polar surface area (TPSA) is 33.7 Å². The van der Waals surface area contributed by atoms with E-state index in [9.17, 15) is 0 Å². The molecule has 0 unspecified atom stereocenters. The van der Waals surface area contributed by atoms with Crippen molar-refractivity contribution >= 4 is 23.0 Å². The molecular formula is C15H17ClN2O2. The van der Waals surface area contributed by atoms with Crippen LogP contribution in [0.3, 0.4) is 0 Å². The van der Waals surface area contributed by atoms with E-state index in [0.717, 1.165) is 17.1 Å². The van der Waals surface area contributed by atoms with Gasteiger partial charge in [-0.3, -0.25) is 10.4 Å². The van der Waals surface area contributed by atoms with E-state index in [2.05, 4.69) is 5.43 Å². The van der Waals surface area contributed by atoms with E-state index in [4.69, 9.17) is 21.1 Å². The van der Waals surface area contributed by atoms with E-state index in [1.54, 1.807) is 20.3 Å². The van der Waals surface area contributed by atoms with Gasteiger partial charge in [-0.2, -0.15) is 0 Å². The van der Waals surface area contributed by atoms with E-state index in [-0.39, 0.29) is 0 Å². The molecule has 0 fully saturated rings. The first-order valence-electron chi connectivity index (χ1n) is 6.12. The molecule has 2 aromatic rings. The summed E-state index contributed by atoms with van der Waals surface area (Å²) in [6.45, 7) is 0. The summed E-state index contributed by atoms with van der Waals surface area (Å²) in [6, 6.07) is 13.2. The van der Waals surface area contributed by atoms with Crippen LogP contribution in [0.15, 0.2) is 42.5 Å². The van der Waals surface area contributed by atoms with Crippen molar-refractivity contribution in [3.05, 3.63) is 47.5 Å². The Balaban J connectivity index is 2.25. The summed E-state index contributed by atoms with van der Waals surface area (Å²) in [7, 11) is 5.17. The van der Waals surface area contributed by atoms with E-state index in [0.29, 0.717) is 10.8 Å². The molecule has 0 spiro atoms. The lowest BCUT2D eigenvalue weighted by Crippen LogP contribution is -2.25. The fourth-order valence-corrected chi connectivity index (χ4v) is 2.07. The lowest BCUT2D eigenvalue weighted by Gasteiger charge is -2.24. The lowest BCUT2D eigenvalue weighted by atomic mass is 10.3. The smallest absolute Gasteiger partial charge is 0.145 e. The number of nitrogens with one attached hydrogen (secondary N) is 1. The van der Waals surface area contributed by atoms with Gasteiger partial charge in [0.25, 0.3) is 0 Å². The third kappa shape index (κ3) is 3.08. The molecule has 0 aliphatic carbocycles. The Morgan fingerprint density at radius 2 is 1.70 bits per heavy atom. The quantitative estimate of drug-likeness (QED) is 0.850. The average Bonchev–Trinajstić information content (AvgIpc) is 2.48. The summed E-state index contributed by atoms with van der Waals surface area (Å²) in [5.74, 6) is 1.47. The molecule has 1 N–H and O–H groups in total. The summed E-state index contributed by atoms with van der Waals surface area (Å²) in [4.78, 5) is 0. The van der Waals surface area contributed by atoms with Crippen molar-refractivity contribution < 1.29 is 9.47 Å². The Morgan fingerprint density at radius 3 is 2.40 bits per heavy atom. The van der Waals surface area contributed by atoms with Crippen LogP contribution < -0.4 is 19.9 Å². The molecule has 0 radical (unpaired) electrons. The van der Waals surface area contributed by atoms with E-state index in [1.807, 2.05) is 48.5 Å². The Morgan fingerprint density at radius 1 is 1.00 bits per heavy atom. The van der Waals surface area contributed by atoms with Crippen molar-refractivity contribution in [1.29, 1.82) is 0 Å². The number of hydrogen-bond acceptors (Lipinski definition) is 4. The van der Waals surface area contributed by atoms with E-state index < -0.39 is 0 Å². The van der Waals surface area contributed by atoms with E-state index >= 15 is 0 Å². The predicted molar refractivity (Wildman–Crippen MR) is 83.0 cm³/mol. The van der Waals surface area contributed by atoms with Crippen molar-refractivity contribution in [2.75, 3.05) is 31.7 Å². The van der Waals surface area contributed by atoms with Crippen LogP contribution in [0.5, 0.6) is 11.5 Å². The molecule has 4 nitrogen and oxygen atoms in total. The highest BCUT2D eigenvalue weighted by molar-refractivity contribution is 6.30. The number of hydrogen-bond donors (Lipinski definition) is 1.